The average Bonchev–Trinajstić information content (AvgIpc) is 2.74. The molecule has 0 spiro atoms. The fourth-order valence-electron chi connectivity index (χ4n) is 3.57. The lowest BCUT2D eigenvalue weighted by Crippen LogP contribution is -2.45. The lowest BCUT2D eigenvalue weighted by Gasteiger charge is -2.36. The van der Waals surface area contributed by atoms with E-state index in [1.807, 2.05) is 49.4 Å². The zero-order valence-corrected chi connectivity index (χ0v) is 17.7. The van der Waals surface area contributed by atoms with Gasteiger partial charge in [-0.2, -0.15) is 0 Å². The summed E-state index contributed by atoms with van der Waals surface area (Å²) in [5, 5.41) is 4.54. The van der Waals surface area contributed by atoms with E-state index in [-0.39, 0.29) is 12.1 Å². The zero-order chi connectivity index (χ0) is 20.4. The monoisotopic (exact) mass is 427 g/mol. The number of aromatic nitrogens is 2. The molecule has 0 atom stereocenters. The number of nitrogens with one attached hydrogen (secondary N) is 1. The molecular weight excluding hydrogens is 406 g/mol. The molecule has 2 heterocycles. The van der Waals surface area contributed by atoms with Gasteiger partial charge < -0.3 is 10.2 Å². The molecule has 0 radical (unpaired) electrons. The van der Waals surface area contributed by atoms with Crippen LogP contribution in [0.4, 0.5) is 16.3 Å². The molecule has 2 aromatic carbocycles. The number of nitrogens with zero attached hydrogens (tertiary/aromatic N) is 4. The normalized spacial score (nSPS) is 14.8. The molecule has 0 aliphatic carbocycles. The second-order valence-corrected chi connectivity index (χ2v) is 8.09. The van der Waals surface area contributed by atoms with Gasteiger partial charge in [-0.15, -0.1) is 0 Å². The lowest BCUT2D eigenvalue weighted by atomic mass is 10.0. The van der Waals surface area contributed by atoms with Gasteiger partial charge in [0.05, 0.1) is 5.52 Å². The molecule has 1 fully saturated rings. The van der Waals surface area contributed by atoms with Gasteiger partial charge in [0, 0.05) is 35.2 Å². The van der Waals surface area contributed by atoms with E-state index in [9.17, 15) is 4.79 Å². The number of carbonyl (C=O) groups excluding carboxylic acids is 1. The van der Waals surface area contributed by atoms with Gasteiger partial charge in [-0.25, -0.2) is 14.8 Å². The van der Waals surface area contributed by atoms with E-state index in [1.165, 1.54) is 4.31 Å². The third-order valence-electron chi connectivity index (χ3n) is 5.20. The van der Waals surface area contributed by atoms with E-state index in [0.29, 0.717) is 5.02 Å². The molecule has 1 aliphatic rings. The second-order valence-electron chi connectivity index (χ2n) is 7.22. The van der Waals surface area contributed by atoms with Crippen molar-refractivity contribution in [2.24, 2.45) is 0 Å². The molecule has 1 aliphatic heterocycles. The van der Waals surface area contributed by atoms with Crippen LogP contribution < -0.4 is 10.2 Å². The Bertz CT molecular complexity index is 1020. The van der Waals surface area contributed by atoms with Gasteiger partial charge in [-0.1, -0.05) is 42.1 Å². The van der Waals surface area contributed by atoms with Crippen LogP contribution in [0.25, 0.3) is 10.9 Å². The fourth-order valence-corrected chi connectivity index (χ4v) is 4.02. The number of hydrogen-bond donors (Lipinski definition) is 2. The number of piperidine rings is 1. The Balaban J connectivity index is 1.40. The van der Waals surface area contributed by atoms with Crippen molar-refractivity contribution in [3.05, 3.63) is 59.4 Å². The van der Waals surface area contributed by atoms with Gasteiger partial charge in [0.1, 0.15) is 12.1 Å². The van der Waals surface area contributed by atoms with Crippen molar-refractivity contribution in [2.45, 2.75) is 25.8 Å². The summed E-state index contributed by atoms with van der Waals surface area (Å²) in [4.78, 5) is 23.6. The number of hydrogen-bond acceptors (Lipinski definition) is 5. The Labute approximate surface area is 180 Å². The van der Waals surface area contributed by atoms with E-state index in [2.05, 4.69) is 33.0 Å². The lowest BCUT2D eigenvalue weighted by molar-refractivity contribution is 0.223. The van der Waals surface area contributed by atoms with Crippen LogP contribution in [0.2, 0.25) is 5.02 Å². The number of urea groups is 1. The highest BCUT2D eigenvalue weighted by Crippen LogP contribution is 2.29. The van der Waals surface area contributed by atoms with Crippen molar-refractivity contribution in [1.82, 2.24) is 14.3 Å². The molecule has 0 bridgehead atoms. The minimum absolute atomic E-state index is 0.0579. The summed E-state index contributed by atoms with van der Waals surface area (Å²) in [6.45, 7) is 3.59. The first-order valence-electron chi connectivity index (χ1n) is 9.52. The molecular formula is C21H22ClN5OS. The zero-order valence-electron chi connectivity index (χ0n) is 16.0. The first kappa shape index (κ1) is 19.8. The Morgan fingerprint density at radius 2 is 1.90 bits per heavy atom. The van der Waals surface area contributed by atoms with Crippen LogP contribution >= 0.6 is 24.4 Å². The van der Waals surface area contributed by atoms with Crippen molar-refractivity contribution in [2.75, 3.05) is 23.3 Å². The van der Waals surface area contributed by atoms with Gasteiger partial charge in [0.2, 0.25) is 0 Å². The molecule has 8 heteroatoms. The second kappa shape index (κ2) is 8.47. The van der Waals surface area contributed by atoms with E-state index in [0.717, 1.165) is 53.9 Å². The molecule has 3 aromatic rings. The maximum absolute atomic E-state index is 12.5. The summed E-state index contributed by atoms with van der Waals surface area (Å²) in [5.74, 6) is 0.903. The minimum atomic E-state index is -0.210. The van der Waals surface area contributed by atoms with E-state index < -0.39 is 0 Å². The van der Waals surface area contributed by atoms with Gasteiger partial charge in [-0.3, -0.25) is 4.31 Å². The Kier molecular flexibility index (Phi) is 5.78. The van der Waals surface area contributed by atoms with E-state index in [1.54, 1.807) is 6.33 Å². The van der Waals surface area contributed by atoms with E-state index in [4.69, 9.17) is 11.6 Å². The molecule has 0 saturated carbocycles. The van der Waals surface area contributed by atoms with Gasteiger partial charge in [0.15, 0.2) is 0 Å². The van der Waals surface area contributed by atoms with Gasteiger partial charge >= 0.3 is 6.03 Å². The predicted octanol–water partition coefficient (Wildman–Crippen LogP) is 4.94. The topological polar surface area (TPSA) is 61.4 Å². The Hall–Kier alpha value is -2.51. The maximum atomic E-state index is 12.5. The highest BCUT2D eigenvalue weighted by Gasteiger charge is 2.27. The van der Waals surface area contributed by atoms with Crippen molar-refractivity contribution < 1.29 is 4.79 Å². The summed E-state index contributed by atoms with van der Waals surface area (Å²) < 4.78 is 1.51. The molecule has 6 nitrogen and oxygen atoms in total. The summed E-state index contributed by atoms with van der Waals surface area (Å²) in [6.07, 6.45) is 3.19. The molecule has 1 saturated heterocycles. The highest BCUT2D eigenvalue weighted by molar-refractivity contribution is 7.78. The molecule has 0 unspecified atom stereocenters. The van der Waals surface area contributed by atoms with Gasteiger partial charge in [-0.05, 0) is 50.1 Å². The SMILES string of the molecule is Cc1ccc(NC(=O)N(S)C2CCN(c3ncnc4cc(Cl)ccc34)CC2)cc1. The Morgan fingerprint density at radius 3 is 2.62 bits per heavy atom. The molecule has 29 heavy (non-hydrogen) atoms. The van der Waals surface area contributed by atoms with Gasteiger partial charge in [0.25, 0.3) is 0 Å². The number of aryl methyl sites for hydroxylation is 1. The fraction of sp³-hybridized carbons (Fsp3) is 0.286. The number of halogens is 1. The average molecular weight is 428 g/mol. The van der Waals surface area contributed by atoms with Crippen LogP contribution in [0.1, 0.15) is 18.4 Å². The smallest absolute Gasteiger partial charge is 0.331 e. The first-order valence-corrected chi connectivity index (χ1v) is 10.3. The number of rotatable bonds is 3. The number of fused-ring (bicyclic) bond motifs is 1. The van der Waals surface area contributed by atoms with Crippen LogP contribution in [0.15, 0.2) is 48.8 Å². The van der Waals surface area contributed by atoms with Crippen LogP contribution in [-0.2, 0) is 0 Å². The van der Waals surface area contributed by atoms with Crippen molar-refractivity contribution in [1.29, 1.82) is 0 Å². The third kappa shape index (κ3) is 4.41. The minimum Gasteiger partial charge on any atom is -0.356 e. The summed E-state index contributed by atoms with van der Waals surface area (Å²) in [7, 11) is 0. The van der Waals surface area contributed by atoms with Crippen LogP contribution in [-0.4, -0.2) is 39.4 Å². The number of amides is 2. The predicted molar refractivity (Wildman–Crippen MR) is 121 cm³/mol. The number of anilines is 2. The highest BCUT2D eigenvalue weighted by atomic mass is 35.5. The number of benzene rings is 2. The number of thiol groups is 1. The van der Waals surface area contributed by atoms with Crippen molar-refractivity contribution in [3.8, 4) is 0 Å². The van der Waals surface area contributed by atoms with Crippen LogP contribution in [0.5, 0.6) is 0 Å². The first-order chi connectivity index (χ1) is 14.0. The molecule has 2 amide bonds. The number of carbonyl (C=O) groups is 1. The summed E-state index contributed by atoms with van der Waals surface area (Å²) >= 11 is 10.5. The molecule has 1 N–H and O–H groups in total. The quantitative estimate of drug-likeness (QED) is 0.581. The molecule has 1 aromatic heterocycles. The summed E-state index contributed by atoms with van der Waals surface area (Å²) in [5.41, 5.74) is 2.75. The molecule has 4 rings (SSSR count). The Morgan fingerprint density at radius 1 is 1.17 bits per heavy atom. The summed E-state index contributed by atoms with van der Waals surface area (Å²) in [6, 6.07) is 13.2. The van der Waals surface area contributed by atoms with Crippen molar-refractivity contribution in [3.63, 3.8) is 0 Å². The van der Waals surface area contributed by atoms with E-state index >= 15 is 0 Å². The standard InChI is InChI=1S/C21H22ClN5OS/c1-14-2-5-16(6-3-14)25-21(28)27(29)17-8-10-26(11-9-17)20-18-7-4-15(22)12-19(18)23-13-24-20/h2-7,12-13,17,29H,8-11H2,1H3,(H,25,28). The third-order valence-corrected chi connectivity index (χ3v) is 5.94. The van der Waals surface area contributed by atoms with Crippen molar-refractivity contribution >= 4 is 52.9 Å². The maximum Gasteiger partial charge on any atom is 0.331 e. The van der Waals surface area contributed by atoms with Crippen LogP contribution in [0.3, 0.4) is 0 Å². The molecule has 150 valence electrons. The largest absolute Gasteiger partial charge is 0.356 e. The van der Waals surface area contributed by atoms with Crippen LogP contribution in [0, 0.1) is 6.92 Å².